The molecule has 7 aromatic rings. The molecule has 0 aliphatic heterocycles. The van der Waals surface area contributed by atoms with Gasteiger partial charge in [-0.1, -0.05) is 77.9 Å². The zero-order valence-electron chi connectivity index (χ0n) is 25.8. The molecule has 7 rings (SSSR count). The van der Waals surface area contributed by atoms with Crippen molar-refractivity contribution in [3.8, 4) is 22.7 Å². The number of benzene rings is 4. The number of fused-ring (bicyclic) bond motifs is 3. The lowest BCUT2D eigenvalue weighted by molar-refractivity contribution is -0.593. The molecule has 0 fully saturated rings. The van der Waals surface area contributed by atoms with Gasteiger partial charge in [-0.3, -0.25) is 0 Å². The fourth-order valence-electron chi connectivity index (χ4n) is 5.84. The first-order valence-corrected chi connectivity index (χ1v) is 15.0. The molecule has 0 aliphatic carbocycles. The van der Waals surface area contributed by atoms with E-state index in [2.05, 4.69) is 187 Å². The van der Waals surface area contributed by atoms with Gasteiger partial charge in [0.1, 0.15) is 36.2 Å². The molecule has 0 unspecified atom stereocenters. The first-order chi connectivity index (χ1) is 20.6. The van der Waals surface area contributed by atoms with Crippen molar-refractivity contribution in [1.82, 2.24) is 14.1 Å². The van der Waals surface area contributed by atoms with Crippen LogP contribution >= 0.6 is 0 Å². The minimum atomic E-state index is -0.0127. The maximum atomic E-state index is 3.91. The second kappa shape index (κ2) is 9.84. The number of para-hydroxylation sites is 2. The number of imidazole rings is 2. The fourth-order valence-corrected chi connectivity index (χ4v) is 5.84. The van der Waals surface area contributed by atoms with Crippen LogP contribution in [0.3, 0.4) is 0 Å². The Morgan fingerprint density at radius 3 is 1.30 bits per heavy atom. The van der Waals surface area contributed by atoms with E-state index in [1.54, 1.807) is 0 Å². The van der Waals surface area contributed by atoms with Crippen molar-refractivity contribution in [3.63, 3.8) is 0 Å². The molecule has 0 saturated heterocycles. The first kappa shape index (κ1) is 27.0. The molecule has 5 nitrogen and oxygen atoms in total. The van der Waals surface area contributed by atoms with E-state index in [1.807, 2.05) is 0 Å². The fraction of sp³-hybridized carbons (Fsp3) is 0.211. The standard InChI is InChI=1S/C38H39N5/c1-37(2,3)27-21-31-32-22-28(38(4,5)6)24-34(43-20-18-41(26-43)30-15-11-8-12-16-30)36(32)39-35(31)33(23-27)42-19-17-40(25-42)29-13-9-7-10-14-29/h7-26,39H,1-6H3/q+2. The van der Waals surface area contributed by atoms with Crippen molar-refractivity contribution in [1.29, 1.82) is 0 Å². The van der Waals surface area contributed by atoms with E-state index in [4.69, 9.17) is 0 Å². The average molecular weight is 566 g/mol. The van der Waals surface area contributed by atoms with Crippen molar-refractivity contribution < 1.29 is 9.13 Å². The Hall–Kier alpha value is -4.90. The lowest BCUT2D eigenvalue weighted by Crippen LogP contribution is -2.29. The summed E-state index contributed by atoms with van der Waals surface area (Å²) in [5, 5.41) is 2.49. The normalized spacial score (nSPS) is 12.4. The van der Waals surface area contributed by atoms with E-state index < -0.39 is 0 Å². The zero-order valence-corrected chi connectivity index (χ0v) is 25.8. The van der Waals surface area contributed by atoms with Crippen LogP contribution in [0.5, 0.6) is 0 Å². The van der Waals surface area contributed by atoms with Crippen molar-refractivity contribution in [2.24, 2.45) is 0 Å². The zero-order chi connectivity index (χ0) is 29.9. The maximum absolute atomic E-state index is 3.91. The molecule has 3 aromatic heterocycles. The van der Waals surface area contributed by atoms with Gasteiger partial charge in [0.05, 0.1) is 11.0 Å². The lowest BCUT2D eigenvalue weighted by atomic mass is 9.84. The summed E-state index contributed by atoms with van der Waals surface area (Å²) < 4.78 is 8.82. The van der Waals surface area contributed by atoms with Gasteiger partial charge in [0.2, 0.25) is 0 Å². The van der Waals surface area contributed by atoms with E-state index >= 15 is 0 Å². The van der Waals surface area contributed by atoms with Gasteiger partial charge >= 0.3 is 0 Å². The topological polar surface area (TPSA) is 33.4 Å². The first-order valence-electron chi connectivity index (χ1n) is 15.0. The number of nitrogens with zero attached hydrogens (tertiary/aromatic N) is 4. The smallest absolute Gasteiger partial charge is 0.254 e. The highest BCUT2D eigenvalue weighted by Gasteiger charge is 2.26. The third kappa shape index (κ3) is 4.85. The summed E-state index contributed by atoms with van der Waals surface area (Å²) in [6.45, 7) is 13.8. The van der Waals surface area contributed by atoms with Crippen LogP contribution in [0.1, 0.15) is 52.7 Å². The Morgan fingerprint density at radius 1 is 0.535 bits per heavy atom. The van der Waals surface area contributed by atoms with E-state index in [-0.39, 0.29) is 10.8 Å². The summed E-state index contributed by atoms with van der Waals surface area (Å²) >= 11 is 0. The van der Waals surface area contributed by atoms with Gasteiger partial charge in [0.25, 0.3) is 12.7 Å². The van der Waals surface area contributed by atoms with Crippen molar-refractivity contribution >= 4 is 21.8 Å². The molecule has 0 saturated carbocycles. The van der Waals surface area contributed by atoms with Crippen LogP contribution in [-0.2, 0) is 10.8 Å². The van der Waals surface area contributed by atoms with Crippen LogP contribution in [0.2, 0.25) is 0 Å². The third-order valence-electron chi connectivity index (χ3n) is 8.45. The summed E-state index contributed by atoms with van der Waals surface area (Å²) in [6, 6.07) is 30.4. The minimum Gasteiger partial charge on any atom is -0.348 e. The summed E-state index contributed by atoms with van der Waals surface area (Å²) in [5.74, 6) is 0. The minimum absolute atomic E-state index is 0.0127. The highest BCUT2D eigenvalue weighted by molar-refractivity contribution is 6.11. The van der Waals surface area contributed by atoms with E-state index in [1.165, 1.54) is 21.9 Å². The molecule has 0 aliphatic rings. The van der Waals surface area contributed by atoms with Gasteiger partial charge < -0.3 is 4.98 Å². The van der Waals surface area contributed by atoms with Gasteiger partial charge in [0, 0.05) is 10.8 Å². The average Bonchev–Trinajstić information content (AvgIpc) is 3.75. The summed E-state index contributed by atoms with van der Waals surface area (Å²) in [7, 11) is 0. The molecule has 4 aromatic carbocycles. The van der Waals surface area contributed by atoms with Crippen LogP contribution in [0, 0.1) is 0 Å². The molecular formula is C38H39N5+2. The highest BCUT2D eigenvalue weighted by Crippen LogP contribution is 2.37. The molecule has 43 heavy (non-hydrogen) atoms. The van der Waals surface area contributed by atoms with Crippen LogP contribution in [0.4, 0.5) is 0 Å². The van der Waals surface area contributed by atoms with Crippen molar-refractivity contribution in [3.05, 3.63) is 133 Å². The number of hydrogen-bond donors (Lipinski definition) is 1. The molecule has 3 heterocycles. The van der Waals surface area contributed by atoms with Gasteiger partial charge in [-0.05, 0) is 70.5 Å². The van der Waals surface area contributed by atoms with Crippen LogP contribution in [-0.4, -0.2) is 14.1 Å². The van der Waals surface area contributed by atoms with Gasteiger partial charge in [-0.2, -0.15) is 9.13 Å². The van der Waals surface area contributed by atoms with Gasteiger partial charge in [-0.25, -0.2) is 9.13 Å². The molecule has 0 radical (unpaired) electrons. The van der Waals surface area contributed by atoms with E-state index in [0.717, 1.165) is 33.8 Å². The van der Waals surface area contributed by atoms with Gasteiger partial charge in [-0.15, -0.1) is 0 Å². The van der Waals surface area contributed by atoms with Crippen molar-refractivity contribution in [2.45, 2.75) is 52.4 Å². The Kier molecular flexibility index (Phi) is 6.17. The van der Waals surface area contributed by atoms with E-state index in [9.17, 15) is 0 Å². The summed E-state index contributed by atoms with van der Waals surface area (Å²) in [4.78, 5) is 3.91. The predicted octanol–water partition coefficient (Wildman–Crippen LogP) is 8.05. The number of hydrogen-bond acceptors (Lipinski definition) is 0. The molecule has 0 atom stereocenters. The Labute approximate surface area is 253 Å². The Morgan fingerprint density at radius 2 is 0.930 bits per heavy atom. The van der Waals surface area contributed by atoms with Gasteiger partial charge in [0.15, 0.2) is 11.4 Å². The highest BCUT2D eigenvalue weighted by atomic mass is 15.1. The second-order valence-electron chi connectivity index (χ2n) is 13.6. The Balaban J connectivity index is 1.50. The molecule has 0 amide bonds. The quantitative estimate of drug-likeness (QED) is 0.210. The number of H-pyrrole nitrogens is 1. The number of aromatic amines is 1. The predicted molar refractivity (Wildman–Crippen MR) is 175 cm³/mol. The van der Waals surface area contributed by atoms with Crippen molar-refractivity contribution in [2.75, 3.05) is 0 Å². The van der Waals surface area contributed by atoms with Crippen LogP contribution in [0.15, 0.2) is 122 Å². The monoisotopic (exact) mass is 565 g/mol. The molecule has 0 spiro atoms. The molecular weight excluding hydrogens is 526 g/mol. The Bertz CT molecular complexity index is 1930. The third-order valence-corrected chi connectivity index (χ3v) is 8.45. The second-order valence-corrected chi connectivity index (χ2v) is 13.6. The summed E-state index contributed by atoms with van der Waals surface area (Å²) in [6.07, 6.45) is 12.9. The SMILES string of the molecule is CC(C)(C)c1cc(-[n+]2ccn(-c3ccccc3)c2)c2[nH]c3c(-[n+]4ccn(-c5ccccc5)c4)cc(C(C)(C)C)cc3c2c1. The molecule has 5 heteroatoms. The largest absolute Gasteiger partial charge is 0.348 e. The molecule has 0 bridgehead atoms. The number of nitrogens with one attached hydrogen (secondary N) is 1. The summed E-state index contributed by atoms with van der Waals surface area (Å²) in [5.41, 5.74) is 9.41. The van der Waals surface area contributed by atoms with Crippen LogP contribution in [0.25, 0.3) is 44.6 Å². The molecule has 214 valence electrons. The molecule has 1 N–H and O–H groups in total. The lowest BCUT2D eigenvalue weighted by Gasteiger charge is -2.20. The van der Waals surface area contributed by atoms with E-state index in [0.29, 0.717) is 0 Å². The number of rotatable bonds is 4. The van der Waals surface area contributed by atoms with Crippen LogP contribution < -0.4 is 9.13 Å². The number of aromatic nitrogens is 5. The maximum Gasteiger partial charge on any atom is 0.254 e.